The zero-order chi connectivity index (χ0) is 17.3. The Morgan fingerprint density at radius 2 is 1.48 bits per heavy atom. The van der Waals surface area contributed by atoms with E-state index in [9.17, 15) is 5.11 Å². The summed E-state index contributed by atoms with van der Waals surface area (Å²) in [6.45, 7) is 0.833. The molecule has 0 aliphatic rings. The van der Waals surface area contributed by atoms with Crippen molar-refractivity contribution in [1.82, 2.24) is 0 Å². The number of para-hydroxylation sites is 1. The first-order chi connectivity index (χ1) is 12.3. The van der Waals surface area contributed by atoms with E-state index >= 15 is 0 Å². The maximum absolute atomic E-state index is 9.28. The topological polar surface area (TPSA) is 50.7 Å². The first kappa shape index (κ1) is 16.9. The zero-order valence-electron chi connectivity index (χ0n) is 13.9. The average molecular weight is 335 g/mol. The molecule has 0 unspecified atom stereocenters. The van der Waals surface area contributed by atoms with Crippen LogP contribution in [0.2, 0.25) is 0 Å². The predicted molar refractivity (Wildman–Crippen MR) is 98.7 cm³/mol. The van der Waals surface area contributed by atoms with Crippen molar-refractivity contribution in [3.8, 4) is 11.5 Å². The number of benzene rings is 3. The first-order valence-electron chi connectivity index (χ1n) is 8.17. The second-order valence-electron chi connectivity index (χ2n) is 5.53. The molecule has 0 radical (unpaired) electrons. The Hall–Kier alpha value is -2.98. The number of aliphatic hydroxyl groups is 1. The zero-order valence-corrected chi connectivity index (χ0v) is 13.9. The van der Waals surface area contributed by atoms with E-state index in [4.69, 9.17) is 9.47 Å². The molecule has 3 aromatic carbocycles. The number of aliphatic hydroxyl groups excluding tert-OH is 1. The minimum Gasteiger partial charge on any atom is -0.489 e. The Morgan fingerprint density at radius 3 is 2.24 bits per heavy atom. The van der Waals surface area contributed by atoms with Crippen LogP contribution in [0.5, 0.6) is 11.5 Å². The highest BCUT2D eigenvalue weighted by molar-refractivity contribution is 5.46. The molecule has 0 saturated carbocycles. The molecule has 4 heteroatoms. The second-order valence-corrected chi connectivity index (χ2v) is 5.53. The van der Waals surface area contributed by atoms with E-state index in [1.165, 1.54) is 0 Å². The van der Waals surface area contributed by atoms with Crippen LogP contribution in [0.3, 0.4) is 0 Å². The van der Waals surface area contributed by atoms with Crippen LogP contribution in [0.25, 0.3) is 0 Å². The quantitative estimate of drug-likeness (QED) is 0.606. The van der Waals surface area contributed by atoms with Gasteiger partial charge in [0.15, 0.2) is 6.73 Å². The number of hydrogen-bond donors (Lipinski definition) is 2. The summed E-state index contributed by atoms with van der Waals surface area (Å²) in [6.07, 6.45) is 0. The van der Waals surface area contributed by atoms with Gasteiger partial charge in [0, 0.05) is 11.3 Å². The summed E-state index contributed by atoms with van der Waals surface area (Å²) >= 11 is 0. The molecule has 0 fully saturated rings. The van der Waals surface area contributed by atoms with Crippen LogP contribution in [0.4, 0.5) is 5.69 Å². The van der Waals surface area contributed by atoms with Gasteiger partial charge in [0.1, 0.15) is 18.1 Å². The van der Waals surface area contributed by atoms with Crippen LogP contribution in [0.1, 0.15) is 11.1 Å². The molecule has 3 rings (SSSR count). The van der Waals surface area contributed by atoms with E-state index in [1.54, 1.807) is 0 Å². The van der Waals surface area contributed by atoms with Gasteiger partial charge in [-0.2, -0.15) is 0 Å². The van der Waals surface area contributed by atoms with E-state index in [2.05, 4.69) is 5.32 Å². The molecule has 0 heterocycles. The van der Waals surface area contributed by atoms with Crippen molar-refractivity contribution < 1.29 is 14.6 Å². The van der Waals surface area contributed by atoms with Gasteiger partial charge in [-0.05, 0) is 35.9 Å². The SMILES string of the molecule is OCc1ccccc1OCNc1ccc(OCc2ccccc2)cc1. The lowest BCUT2D eigenvalue weighted by Gasteiger charge is -2.12. The molecule has 0 aliphatic carbocycles. The molecule has 0 aliphatic heterocycles. The third kappa shape index (κ3) is 4.99. The van der Waals surface area contributed by atoms with E-state index < -0.39 is 0 Å². The molecule has 0 amide bonds. The molecule has 0 atom stereocenters. The first-order valence-corrected chi connectivity index (χ1v) is 8.17. The van der Waals surface area contributed by atoms with Crippen molar-refractivity contribution in [2.75, 3.05) is 12.0 Å². The number of anilines is 1. The smallest absolute Gasteiger partial charge is 0.159 e. The summed E-state index contributed by atoms with van der Waals surface area (Å²) in [4.78, 5) is 0. The van der Waals surface area contributed by atoms with Gasteiger partial charge in [0.25, 0.3) is 0 Å². The van der Waals surface area contributed by atoms with Crippen molar-refractivity contribution in [3.63, 3.8) is 0 Å². The standard InChI is InChI=1S/C21H21NO3/c23-14-18-8-4-5-9-21(18)25-16-22-19-10-12-20(13-11-19)24-15-17-6-2-1-3-7-17/h1-13,22-23H,14-16H2. The van der Waals surface area contributed by atoms with Gasteiger partial charge in [-0.1, -0.05) is 48.5 Å². The van der Waals surface area contributed by atoms with Gasteiger partial charge in [0.2, 0.25) is 0 Å². The summed E-state index contributed by atoms with van der Waals surface area (Å²) in [5.41, 5.74) is 2.85. The highest BCUT2D eigenvalue weighted by Crippen LogP contribution is 2.19. The van der Waals surface area contributed by atoms with E-state index in [0.29, 0.717) is 19.1 Å². The molecular weight excluding hydrogens is 314 g/mol. The molecule has 2 N–H and O–H groups in total. The second kappa shape index (κ2) is 8.76. The maximum Gasteiger partial charge on any atom is 0.159 e. The lowest BCUT2D eigenvalue weighted by Crippen LogP contribution is -2.09. The average Bonchev–Trinajstić information content (AvgIpc) is 2.68. The normalized spacial score (nSPS) is 10.3. The molecule has 0 spiro atoms. The molecule has 0 bridgehead atoms. The number of hydrogen-bond acceptors (Lipinski definition) is 4. The van der Waals surface area contributed by atoms with E-state index in [-0.39, 0.29) is 6.61 Å². The predicted octanol–water partition coefficient (Wildman–Crippen LogP) is 4.21. The molecule has 25 heavy (non-hydrogen) atoms. The van der Waals surface area contributed by atoms with Crippen molar-refractivity contribution in [2.24, 2.45) is 0 Å². The highest BCUT2D eigenvalue weighted by Gasteiger charge is 2.01. The van der Waals surface area contributed by atoms with Crippen molar-refractivity contribution >= 4 is 5.69 Å². The summed E-state index contributed by atoms with van der Waals surface area (Å²) in [5, 5.41) is 12.5. The summed E-state index contributed by atoms with van der Waals surface area (Å²) < 4.78 is 11.4. The highest BCUT2D eigenvalue weighted by atomic mass is 16.5. The van der Waals surface area contributed by atoms with Gasteiger partial charge in [-0.3, -0.25) is 0 Å². The molecule has 0 aromatic heterocycles. The van der Waals surface area contributed by atoms with E-state index in [1.807, 2.05) is 78.9 Å². The Balaban J connectivity index is 1.47. The van der Waals surface area contributed by atoms with Gasteiger partial charge in [0.05, 0.1) is 6.61 Å². The van der Waals surface area contributed by atoms with Crippen LogP contribution in [0.15, 0.2) is 78.9 Å². The van der Waals surface area contributed by atoms with E-state index in [0.717, 1.165) is 22.6 Å². The molecule has 3 aromatic rings. The number of rotatable bonds is 8. The Morgan fingerprint density at radius 1 is 0.760 bits per heavy atom. The fourth-order valence-corrected chi connectivity index (χ4v) is 2.38. The fraction of sp³-hybridized carbons (Fsp3) is 0.143. The third-order valence-corrected chi connectivity index (χ3v) is 3.75. The molecule has 128 valence electrons. The van der Waals surface area contributed by atoms with Gasteiger partial charge in [-0.25, -0.2) is 0 Å². The van der Waals surface area contributed by atoms with Crippen LogP contribution < -0.4 is 14.8 Å². The van der Waals surface area contributed by atoms with Crippen molar-refractivity contribution in [3.05, 3.63) is 90.0 Å². The van der Waals surface area contributed by atoms with Crippen LogP contribution >= 0.6 is 0 Å². The Bertz CT molecular complexity index is 773. The van der Waals surface area contributed by atoms with Crippen molar-refractivity contribution in [2.45, 2.75) is 13.2 Å². The van der Waals surface area contributed by atoms with Gasteiger partial charge < -0.3 is 19.9 Å². The van der Waals surface area contributed by atoms with Crippen LogP contribution in [0, 0.1) is 0 Å². The van der Waals surface area contributed by atoms with Crippen LogP contribution in [-0.4, -0.2) is 11.8 Å². The molecular formula is C21H21NO3. The maximum atomic E-state index is 9.28. The number of ether oxygens (including phenoxy) is 2. The summed E-state index contributed by atoms with van der Waals surface area (Å²) in [6, 6.07) is 25.2. The number of nitrogens with one attached hydrogen (secondary N) is 1. The minimum absolute atomic E-state index is 0.0381. The minimum atomic E-state index is -0.0381. The largest absolute Gasteiger partial charge is 0.489 e. The lowest BCUT2D eigenvalue weighted by molar-refractivity contribution is 0.268. The van der Waals surface area contributed by atoms with Gasteiger partial charge in [-0.15, -0.1) is 0 Å². The fourth-order valence-electron chi connectivity index (χ4n) is 2.38. The third-order valence-electron chi connectivity index (χ3n) is 3.75. The molecule has 4 nitrogen and oxygen atoms in total. The molecule has 0 saturated heterocycles. The van der Waals surface area contributed by atoms with Gasteiger partial charge >= 0.3 is 0 Å². The summed E-state index contributed by atoms with van der Waals surface area (Å²) in [7, 11) is 0. The van der Waals surface area contributed by atoms with Crippen LogP contribution in [-0.2, 0) is 13.2 Å². The van der Waals surface area contributed by atoms with Crippen molar-refractivity contribution in [1.29, 1.82) is 0 Å². The monoisotopic (exact) mass is 335 g/mol. The Kier molecular flexibility index (Phi) is 5.91. The lowest BCUT2D eigenvalue weighted by atomic mass is 10.2. The Labute approximate surface area is 147 Å². The summed E-state index contributed by atoms with van der Waals surface area (Å²) in [5.74, 6) is 1.50.